The molecule has 2 aromatic rings. The fourth-order valence-electron chi connectivity index (χ4n) is 2.32. The van der Waals surface area contributed by atoms with E-state index in [4.69, 9.17) is 5.73 Å². The lowest BCUT2D eigenvalue weighted by Gasteiger charge is -2.13. The van der Waals surface area contributed by atoms with E-state index in [0.29, 0.717) is 19.3 Å². The van der Waals surface area contributed by atoms with E-state index in [1.807, 2.05) is 72.8 Å². The average Bonchev–Trinajstić information content (AvgIpc) is 2.61. The molecular weight excluding hydrogens is 300 g/mol. The van der Waals surface area contributed by atoms with Gasteiger partial charge >= 0.3 is 0 Å². The van der Waals surface area contributed by atoms with E-state index < -0.39 is 11.9 Å². The van der Waals surface area contributed by atoms with Gasteiger partial charge in [-0.3, -0.25) is 9.59 Å². The van der Waals surface area contributed by atoms with E-state index in [1.165, 1.54) is 0 Å². The number of nitrogens with one attached hydrogen (secondary N) is 1. The Morgan fingerprint density at radius 2 is 1.62 bits per heavy atom. The van der Waals surface area contributed by atoms with Crippen LogP contribution in [-0.4, -0.2) is 17.9 Å². The Kier molecular flexibility index (Phi) is 6.77. The zero-order valence-electron chi connectivity index (χ0n) is 13.5. The standard InChI is InChI=1S/C20H22N2O2/c21-20(24)18(13-7-12-16-8-3-1-4-9-16)22-19(23)15-14-17-10-5-2-6-11-17/h1-12,18H,13-15H2,(H2,21,24)(H,22,23)/b12-7+/t18-/m0/s1. The van der Waals surface area contributed by atoms with Gasteiger partial charge in [-0.25, -0.2) is 0 Å². The molecule has 3 N–H and O–H groups in total. The van der Waals surface area contributed by atoms with Crippen molar-refractivity contribution in [2.24, 2.45) is 5.73 Å². The summed E-state index contributed by atoms with van der Waals surface area (Å²) in [4.78, 5) is 23.5. The zero-order chi connectivity index (χ0) is 17.2. The Balaban J connectivity index is 1.83. The maximum absolute atomic E-state index is 12.0. The number of amides is 2. The van der Waals surface area contributed by atoms with Crippen LogP contribution < -0.4 is 11.1 Å². The molecule has 4 nitrogen and oxygen atoms in total. The fourth-order valence-corrected chi connectivity index (χ4v) is 2.32. The number of aryl methyl sites for hydroxylation is 1. The minimum Gasteiger partial charge on any atom is -0.368 e. The summed E-state index contributed by atoms with van der Waals surface area (Å²) < 4.78 is 0. The molecule has 0 unspecified atom stereocenters. The molecule has 0 aliphatic rings. The van der Waals surface area contributed by atoms with Gasteiger partial charge in [0.2, 0.25) is 11.8 Å². The lowest BCUT2D eigenvalue weighted by atomic mass is 10.1. The highest BCUT2D eigenvalue weighted by Gasteiger charge is 2.16. The summed E-state index contributed by atoms with van der Waals surface area (Å²) in [6.07, 6.45) is 5.10. The summed E-state index contributed by atoms with van der Waals surface area (Å²) in [5.74, 6) is -0.698. The van der Waals surface area contributed by atoms with Gasteiger partial charge in [-0.05, 0) is 24.0 Å². The molecule has 4 heteroatoms. The number of hydrogen-bond donors (Lipinski definition) is 2. The summed E-state index contributed by atoms with van der Waals surface area (Å²) in [5, 5.41) is 2.71. The number of rotatable bonds is 8. The van der Waals surface area contributed by atoms with Gasteiger partial charge in [-0.2, -0.15) is 0 Å². The molecule has 0 aromatic heterocycles. The largest absolute Gasteiger partial charge is 0.368 e. The van der Waals surface area contributed by atoms with Crippen LogP contribution in [-0.2, 0) is 16.0 Å². The van der Waals surface area contributed by atoms with Crippen LogP contribution in [0, 0.1) is 0 Å². The number of carbonyl (C=O) groups is 2. The monoisotopic (exact) mass is 322 g/mol. The predicted molar refractivity (Wildman–Crippen MR) is 96.0 cm³/mol. The van der Waals surface area contributed by atoms with Gasteiger partial charge in [-0.1, -0.05) is 72.8 Å². The molecule has 124 valence electrons. The number of carbonyl (C=O) groups excluding carboxylic acids is 2. The van der Waals surface area contributed by atoms with Crippen molar-refractivity contribution in [3.05, 3.63) is 77.9 Å². The lowest BCUT2D eigenvalue weighted by Crippen LogP contribution is -2.44. The van der Waals surface area contributed by atoms with Crippen molar-refractivity contribution in [3.8, 4) is 0 Å². The summed E-state index contributed by atoms with van der Waals surface area (Å²) >= 11 is 0. The Hall–Kier alpha value is -2.88. The van der Waals surface area contributed by atoms with Gasteiger partial charge < -0.3 is 11.1 Å². The summed E-state index contributed by atoms with van der Waals surface area (Å²) in [6.45, 7) is 0. The molecule has 1 atom stereocenters. The summed E-state index contributed by atoms with van der Waals surface area (Å²) in [7, 11) is 0. The van der Waals surface area contributed by atoms with Crippen LogP contribution in [0.1, 0.15) is 24.0 Å². The van der Waals surface area contributed by atoms with Crippen LogP contribution in [0.2, 0.25) is 0 Å². The Morgan fingerprint density at radius 3 is 2.25 bits per heavy atom. The molecule has 0 aliphatic carbocycles. The predicted octanol–water partition coefficient (Wildman–Crippen LogP) is 2.69. The smallest absolute Gasteiger partial charge is 0.240 e. The molecule has 2 rings (SSSR count). The van der Waals surface area contributed by atoms with Crippen LogP contribution in [0.3, 0.4) is 0 Å². The highest BCUT2D eigenvalue weighted by molar-refractivity contribution is 5.86. The van der Waals surface area contributed by atoms with E-state index >= 15 is 0 Å². The van der Waals surface area contributed by atoms with E-state index in [0.717, 1.165) is 11.1 Å². The quantitative estimate of drug-likeness (QED) is 0.784. The highest BCUT2D eigenvalue weighted by Crippen LogP contribution is 2.05. The van der Waals surface area contributed by atoms with Crippen LogP contribution >= 0.6 is 0 Å². The molecular formula is C20H22N2O2. The molecule has 0 fully saturated rings. The second-order valence-electron chi connectivity index (χ2n) is 5.56. The molecule has 24 heavy (non-hydrogen) atoms. The first-order valence-corrected chi connectivity index (χ1v) is 7.99. The third-order valence-electron chi connectivity index (χ3n) is 3.64. The molecule has 0 aliphatic heterocycles. The second kappa shape index (κ2) is 9.30. The molecule has 0 heterocycles. The number of benzene rings is 2. The number of primary amides is 1. The number of hydrogen-bond acceptors (Lipinski definition) is 2. The average molecular weight is 322 g/mol. The zero-order valence-corrected chi connectivity index (χ0v) is 13.5. The topological polar surface area (TPSA) is 72.2 Å². The van der Waals surface area contributed by atoms with Gasteiger partial charge in [0.15, 0.2) is 0 Å². The SMILES string of the molecule is NC(=O)[C@H](C/C=C/c1ccccc1)NC(=O)CCc1ccccc1. The van der Waals surface area contributed by atoms with Gasteiger partial charge in [0.1, 0.15) is 6.04 Å². The Bertz CT molecular complexity index is 681. The second-order valence-corrected chi connectivity index (χ2v) is 5.56. The van der Waals surface area contributed by atoms with E-state index in [2.05, 4.69) is 5.32 Å². The van der Waals surface area contributed by atoms with Gasteiger partial charge in [0.05, 0.1) is 0 Å². The van der Waals surface area contributed by atoms with Crippen molar-refractivity contribution in [3.63, 3.8) is 0 Å². The molecule has 2 amide bonds. The first-order valence-electron chi connectivity index (χ1n) is 7.99. The van der Waals surface area contributed by atoms with Crippen molar-refractivity contribution >= 4 is 17.9 Å². The van der Waals surface area contributed by atoms with Gasteiger partial charge in [-0.15, -0.1) is 0 Å². The molecule has 0 saturated heterocycles. The van der Waals surface area contributed by atoms with Crippen LogP contribution in [0.4, 0.5) is 0 Å². The molecule has 0 saturated carbocycles. The van der Waals surface area contributed by atoms with Crippen molar-refractivity contribution < 1.29 is 9.59 Å². The Morgan fingerprint density at radius 1 is 1.00 bits per heavy atom. The minimum atomic E-state index is -0.687. The molecule has 0 bridgehead atoms. The van der Waals surface area contributed by atoms with E-state index in [-0.39, 0.29) is 5.91 Å². The third-order valence-corrected chi connectivity index (χ3v) is 3.64. The maximum Gasteiger partial charge on any atom is 0.240 e. The first-order chi connectivity index (χ1) is 11.6. The van der Waals surface area contributed by atoms with Crippen LogP contribution in [0.5, 0.6) is 0 Å². The van der Waals surface area contributed by atoms with E-state index in [9.17, 15) is 9.59 Å². The van der Waals surface area contributed by atoms with Crippen LogP contribution in [0.25, 0.3) is 6.08 Å². The summed E-state index contributed by atoms with van der Waals surface area (Å²) in [6, 6.07) is 18.8. The van der Waals surface area contributed by atoms with Crippen molar-refractivity contribution in [2.75, 3.05) is 0 Å². The van der Waals surface area contributed by atoms with Gasteiger partial charge in [0, 0.05) is 6.42 Å². The normalized spacial score (nSPS) is 12.0. The molecule has 0 spiro atoms. The fraction of sp³-hybridized carbons (Fsp3) is 0.200. The third kappa shape index (κ3) is 6.08. The van der Waals surface area contributed by atoms with Gasteiger partial charge in [0.25, 0.3) is 0 Å². The molecule has 2 aromatic carbocycles. The lowest BCUT2D eigenvalue weighted by molar-refractivity contribution is -0.127. The first kappa shape index (κ1) is 17.5. The highest BCUT2D eigenvalue weighted by atomic mass is 16.2. The summed E-state index contributed by atoms with van der Waals surface area (Å²) in [5.41, 5.74) is 7.51. The molecule has 0 radical (unpaired) electrons. The maximum atomic E-state index is 12.0. The van der Waals surface area contributed by atoms with Crippen LogP contribution in [0.15, 0.2) is 66.7 Å². The minimum absolute atomic E-state index is 0.171. The van der Waals surface area contributed by atoms with Crippen molar-refractivity contribution in [2.45, 2.75) is 25.3 Å². The van der Waals surface area contributed by atoms with Crippen molar-refractivity contribution in [1.82, 2.24) is 5.32 Å². The van der Waals surface area contributed by atoms with E-state index in [1.54, 1.807) is 0 Å². The number of nitrogens with two attached hydrogens (primary N) is 1. The Labute approximate surface area is 142 Å². The van der Waals surface area contributed by atoms with Crippen molar-refractivity contribution in [1.29, 1.82) is 0 Å².